The van der Waals surface area contributed by atoms with Crippen LogP contribution in [0.5, 0.6) is 0 Å². The maximum Gasteiger partial charge on any atom is 0.151 e. The molecule has 0 aromatic carbocycles. The van der Waals surface area contributed by atoms with Crippen LogP contribution in [-0.4, -0.2) is 54.9 Å². The second-order valence-electron chi connectivity index (χ2n) is 7.00. The predicted molar refractivity (Wildman–Crippen MR) is 90.7 cm³/mol. The molecule has 0 aromatic rings. The van der Waals surface area contributed by atoms with Gasteiger partial charge in [-0.15, -0.1) is 0 Å². The first kappa shape index (κ1) is 18.6. The predicted octanol–water partition coefficient (Wildman–Crippen LogP) is 3.58. The van der Waals surface area contributed by atoms with Crippen LogP contribution in [0.25, 0.3) is 0 Å². The van der Waals surface area contributed by atoms with E-state index in [1.807, 2.05) is 0 Å². The van der Waals surface area contributed by atoms with Gasteiger partial charge in [0, 0.05) is 24.5 Å². The Bertz CT molecular complexity index is 300. The second kappa shape index (κ2) is 9.58. The van der Waals surface area contributed by atoms with E-state index in [0.717, 1.165) is 25.8 Å². The summed E-state index contributed by atoms with van der Waals surface area (Å²) in [6, 6.07) is 1.20. The zero-order chi connectivity index (χ0) is 15.8. The molecular weight excluding hydrogens is 260 g/mol. The number of rotatable bonds is 10. The van der Waals surface area contributed by atoms with Crippen LogP contribution < -0.4 is 0 Å². The number of likely N-dealkylation sites (N-methyl/N-ethyl adjacent to an activating group) is 1. The van der Waals surface area contributed by atoms with Gasteiger partial charge in [0.1, 0.15) is 0 Å². The molecule has 0 amide bonds. The van der Waals surface area contributed by atoms with Crippen molar-refractivity contribution < 1.29 is 4.79 Å². The van der Waals surface area contributed by atoms with E-state index < -0.39 is 0 Å². The number of hydrogen-bond donors (Lipinski definition) is 0. The third-order valence-corrected chi connectivity index (χ3v) is 5.30. The summed E-state index contributed by atoms with van der Waals surface area (Å²) >= 11 is 0. The standard InChI is InChI=1S/C18H36N2O/c1-6-10-16(13-20(5)17-11-8-9-12-17)18(21)14-19(4)15(3)7-2/h15-17H,6-14H2,1-5H3/t15?,16-/m0/s1. The zero-order valence-electron chi connectivity index (χ0n) is 14.9. The molecule has 2 atom stereocenters. The van der Waals surface area contributed by atoms with Gasteiger partial charge in [0.25, 0.3) is 0 Å². The Kier molecular flexibility index (Phi) is 8.50. The number of Topliss-reactive ketones (excluding diaryl/α,β-unsaturated/α-hetero) is 1. The van der Waals surface area contributed by atoms with Crippen molar-refractivity contribution in [1.29, 1.82) is 0 Å². The zero-order valence-corrected chi connectivity index (χ0v) is 14.9. The molecule has 0 radical (unpaired) electrons. The van der Waals surface area contributed by atoms with Crippen molar-refractivity contribution in [2.75, 3.05) is 27.2 Å². The lowest BCUT2D eigenvalue weighted by molar-refractivity contribution is -0.125. The SMILES string of the molecule is CCC[C@@H](CN(C)C1CCCC1)C(=O)CN(C)C(C)CC. The molecule has 21 heavy (non-hydrogen) atoms. The molecule has 0 heterocycles. The van der Waals surface area contributed by atoms with Gasteiger partial charge < -0.3 is 4.90 Å². The van der Waals surface area contributed by atoms with E-state index in [1.54, 1.807) is 0 Å². The summed E-state index contributed by atoms with van der Waals surface area (Å²) in [6.45, 7) is 8.13. The fourth-order valence-electron chi connectivity index (χ4n) is 3.39. The van der Waals surface area contributed by atoms with Gasteiger partial charge in [-0.3, -0.25) is 9.69 Å². The summed E-state index contributed by atoms with van der Waals surface area (Å²) in [6.07, 6.45) is 8.58. The molecule has 3 nitrogen and oxygen atoms in total. The fourth-order valence-corrected chi connectivity index (χ4v) is 3.39. The van der Waals surface area contributed by atoms with Gasteiger partial charge in [-0.05, 0) is 46.7 Å². The Labute approximate surface area is 132 Å². The Morgan fingerprint density at radius 1 is 1.19 bits per heavy atom. The van der Waals surface area contributed by atoms with Crippen molar-refractivity contribution in [3.8, 4) is 0 Å². The highest BCUT2D eigenvalue weighted by atomic mass is 16.1. The van der Waals surface area contributed by atoms with Crippen molar-refractivity contribution in [2.24, 2.45) is 5.92 Å². The van der Waals surface area contributed by atoms with Crippen molar-refractivity contribution in [3.63, 3.8) is 0 Å². The van der Waals surface area contributed by atoms with Crippen LogP contribution in [0.15, 0.2) is 0 Å². The molecule has 0 aliphatic heterocycles. The lowest BCUT2D eigenvalue weighted by Crippen LogP contribution is -2.41. The number of nitrogens with zero attached hydrogens (tertiary/aromatic N) is 2. The molecule has 0 spiro atoms. The summed E-state index contributed by atoms with van der Waals surface area (Å²) in [5.41, 5.74) is 0. The first-order chi connectivity index (χ1) is 9.99. The number of hydrogen-bond acceptors (Lipinski definition) is 3. The highest BCUT2D eigenvalue weighted by Gasteiger charge is 2.26. The van der Waals surface area contributed by atoms with E-state index in [4.69, 9.17) is 0 Å². The summed E-state index contributed by atoms with van der Waals surface area (Å²) in [4.78, 5) is 17.3. The van der Waals surface area contributed by atoms with Crippen LogP contribution in [0.2, 0.25) is 0 Å². The molecule has 1 rings (SSSR count). The van der Waals surface area contributed by atoms with Crippen LogP contribution >= 0.6 is 0 Å². The first-order valence-electron chi connectivity index (χ1n) is 8.92. The minimum Gasteiger partial charge on any atom is -0.303 e. The number of carbonyl (C=O) groups excluding carboxylic acids is 1. The average Bonchev–Trinajstić information content (AvgIpc) is 2.99. The van der Waals surface area contributed by atoms with E-state index in [9.17, 15) is 4.79 Å². The molecule has 3 heteroatoms. The third kappa shape index (κ3) is 6.07. The number of ketones is 1. The summed E-state index contributed by atoms with van der Waals surface area (Å²) in [5, 5.41) is 0. The van der Waals surface area contributed by atoms with Gasteiger partial charge in [-0.2, -0.15) is 0 Å². The van der Waals surface area contributed by atoms with Crippen molar-refractivity contribution in [2.45, 2.75) is 77.8 Å². The molecule has 0 saturated heterocycles. The molecule has 1 unspecified atom stereocenters. The quantitative estimate of drug-likeness (QED) is 0.615. The molecule has 0 bridgehead atoms. The highest BCUT2D eigenvalue weighted by Crippen LogP contribution is 2.24. The summed E-state index contributed by atoms with van der Waals surface area (Å²) < 4.78 is 0. The third-order valence-electron chi connectivity index (χ3n) is 5.30. The fraction of sp³-hybridized carbons (Fsp3) is 0.944. The van der Waals surface area contributed by atoms with Gasteiger partial charge in [0.2, 0.25) is 0 Å². The largest absolute Gasteiger partial charge is 0.303 e. The molecule has 124 valence electrons. The first-order valence-corrected chi connectivity index (χ1v) is 8.92. The van der Waals surface area contributed by atoms with Crippen LogP contribution in [0, 0.1) is 5.92 Å². The molecule has 0 aromatic heterocycles. The molecule has 1 aliphatic rings. The minimum atomic E-state index is 0.215. The Morgan fingerprint density at radius 3 is 2.33 bits per heavy atom. The molecule has 1 fully saturated rings. The minimum absolute atomic E-state index is 0.215. The van der Waals surface area contributed by atoms with Crippen LogP contribution in [0.3, 0.4) is 0 Å². The van der Waals surface area contributed by atoms with Crippen molar-refractivity contribution in [1.82, 2.24) is 9.80 Å². The number of carbonyl (C=O) groups is 1. The van der Waals surface area contributed by atoms with Gasteiger partial charge >= 0.3 is 0 Å². The molecule has 0 N–H and O–H groups in total. The maximum absolute atomic E-state index is 12.6. The lowest BCUT2D eigenvalue weighted by Gasteiger charge is -2.30. The van der Waals surface area contributed by atoms with Crippen molar-refractivity contribution in [3.05, 3.63) is 0 Å². The van der Waals surface area contributed by atoms with Crippen LogP contribution in [0.4, 0.5) is 0 Å². The second-order valence-corrected chi connectivity index (χ2v) is 7.00. The summed E-state index contributed by atoms with van der Waals surface area (Å²) in [5.74, 6) is 0.650. The van der Waals surface area contributed by atoms with Gasteiger partial charge in [0.05, 0.1) is 6.54 Å². The van der Waals surface area contributed by atoms with Crippen LogP contribution in [0.1, 0.15) is 65.7 Å². The molecule has 1 aliphatic carbocycles. The smallest absolute Gasteiger partial charge is 0.151 e. The van der Waals surface area contributed by atoms with Gasteiger partial charge in [-0.25, -0.2) is 0 Å². The molecule has 1 saturated carbocycles. The molecular formula is C18H36N2O. The van der Waals surface area contributed by atoms with E-state index >= 15 is 0 Å². The average molecular weight is 296 g/mol. The normalized spacial score (nSPS) is 19.4. The Hall–Kier alpha value is -0.410. The van der Waals surface area contributed by atoms with Gasteiger partial charge in [-0.1, -0.05) is 33.1 Å². The lowest BCUT2D eigenvalue weighted by atomic mass is 9.96. The van der Waals surface area contributed by atoms with E-state index in [1.165, 1.54) is 25.7 Å². The van der Waals surface area contributed by atoms with E-state index in [2.05, 4.69) is 44.7 Å². The topological polar surface area (TPSA) is 23.6 Å². The summed E-state index contributed by atoms with van der Waals surface area (Å²) in [7, 11) is 4.29. The Morgan fingerprint density at radius 2 is 1.81 bits per heavy atom. The van der Waals surface area contributed by atoms with Gasteiger partial charge in [0.15, 0.2) is 5.78 Å². The highest BCUT2D eigenvalue weighted by molar-refractivity contribution is 5.83. The monoisotopic (exact) mass is 296 g/mol. The maximum atomic E-state index is 12.6. The van der Waals surface area contributed by atoms with Crippen molar-refractivity contribution >= 4 is 5.78 Å². The van der Waals surface area contributed by atoms with E-state index in [-0.39, 0.29) is 5.92 Å². The Balaban J connectivity index is 2.52. The van der Waals surface area contributed by atoms with Crippen LogP contribution in [-0.2, 0) is 4.79 Å². The van der Waals surface area contributed by atoms with E-state index in [0.29, 0.717) is 24.4 Å².